The van der Waals surface area contributed by atoms with Crippen LogP contribution >= 0.6 is 0 Å². The Bertz CT molecular complexity index is 4100. The molecule has 0 radical (unpaired) electrons. The van der Waals surface area contributed by atoms with Crippen molar-refractivity contribution in [2.45, 2.75) is 81.1 Å². The highest BCUT2D eigenvalue weighted by Gasteiger charge is 2.23. The van der Waals surface area contributed by atoms with Crippen molar-refractivity contribution >= 4 is 57.4 Å². The van der Waals surface area contributed by atoms with Crippen LogP contribution in [0, 0.1) is 82.6 Å². The summed E-state index contributed by atoms with van der Waals surface area (Å²) in [6, 6.07) is 25.9. The van der Waals surface area contributed by atoms with Crippen LogP contribution in [0.3, 0.4) is 0 Å². The summed E-state index contributed by atoms with van der Waals surface area (Å²) >= 11 is 0. The fourth-order valence-electron chi connectivity index (χ4n) is 9.08. The number of likely N-dealkylation sites (tertiary alicyclic amines) is 2. The Balaban J connectivity index is 0.000000201. The molecule has 0 unspecified atom stereocenters. The number of amides is 5. The molecule has 0 aliphatic carbocycles. The van der Waals surface area contributed by atoms with E-state index in [0.29, 0.717) is 44.9 Å². The molecule has 0 spiro atoms. The molecule has 0 saturated carbocycles. The fourth-order valence-corrected chi connectivity index (χ4v) is 9.08. The van der Waals surface area contributed by atoms with Crippen LogP contribution in [0.5, 0.6) is 0 Å². The third-order valence-electron chi connectivity index (χ3n) is 14.6. The Morgan fingerprint density at radius 3 is 1.13 bits per heavy atom. The Morgan fingerprint density at radius 2 is 0.832 bits per heavy atom. The zero-order chi connectivity index (χ0) is 69.6. The van der Waals surface area contributed by atoms with Crippen LogP contribution < -0.4 is 17.2 Å². The number of hydrogen-bond acceptors (Lipinski definition) is 15. The summed E-state index contributed by atoms with van der Waals surface area (Å²) in [4.78, 5) is 95.2. The molecular formula is C72H80N18O5. The van der Waals surface area contributed by atoms with Crippen molar-refractivity contribution in [3.8, 4) is 12.1 Å². The molecule has 2 aliphatic heterocycles. The van der Waals surface area contributed by atoms with Crippen molar-refractivity contribution < 1.29 is 24.0 Å². The lowest BCUT2D eigenvalue weighted by molar-refractivity contribution is 0.0689. The molecule has 12 heterocycles. The van der Waals surface area contributed by atoms with E-state index in [4.69, 9.17) is 34.3 Å². The predicted molar refractivity (Wildman–Crippen MR) is 365 cm³/mol. The van der Waals surface area contributed by atoms with Crippen molar-refractivity contribution in [2.75, 3.05) is 26.2 Å². The van der Waals surface area contributed by atoms with Crippen LogP contribution in [0.15, 0.2) is 160 Å². The number of carbonyl (C=O) groups excluding carboxylic acids is 5. The lowest BCUT2D eigenvalue weighted by Gasteiger charge is -2.30. The zero-order valence-electron chi connectivity index (χ0n) is 55.3. The predicted octanol–water partition coefficient (Wildman–Crippen LogP) is 10.8. The number of aryl methyl sites for hydroxylation is 8. The minimum atomic E-state index is -0.486. The van der Waals surface area contributed by atoms with E-state index < -0.39 is 17.7 Å². The van der Waals surface area contributed by atoms with E-state index in [1.165, 1.54) is 12.4 Å². The van der Waals surface area contributed by atoms with Gasteiger partial charge in [0.25, 0.3) is 23.5 Å². The summed E-state index contributed by atoms with van der Waals surface area (Å²) in [6.45, 7) is 25.9. The van der Waals surface area contributed by atoms with Gasteiger partial charge in [-0.1, -0.05) is 32.6 Å². The van der Waals surface area contributed by atoms with E-state index in [1.807, 2.05) is 129 Å². The lowest BCUT2D eigenvalue weighted by Crippen LogP contribution is -2.37. The number of aromatic nitrogens is 10. The van der Waals surface area contributed by atoms with Gasteiger partial charge in [-0.05, 0) is 173 Å². The first-order valence-electron chi connectivity index (χ1n) is 30.4. The van der Waals surface area contributed by atoms with Gasteiger partial charge in [0.2, 0.25) is 11.8 Å². The summed E-state index contributed by atoms with van der Waals surface area (Å²) in [5, 5.41) is 18.8. The van der Waals surface area contributed by atoms with Gasteiger partial charge in [-0.3, -0.25) is 48.9 Å². The first-order valence-corrected chi connectivity index (χ1v) is 30.4. The Kier molecular flexibility index (Phi) is 29.1. The quantitative estimate of drug-likeness (QED) is 0.135. The molecule has 95 heavy (non-hydrogen) atoms. The lowest BCUT2D eigenvalue weighted by atomic mass is 9.99. The van der Waals surface area contributed by atoms with Gasteiger partial charge in [0.15, 0.2) is 0 Å². The molecule has 10 aromatic rings. The monoisotopic (exact) mass is 1280 g/mol. The second-order valence-electron chi connectivity index (χ2n) is 22.9. The van der Waals surface area contributed by atoms with Crippen LogP contribution in [-0.2, 0) is 14.1 Å². The van der Waals surface area contributed by atoms with Crippen molar-refractivity contribution in [3.63, 3.8) is 0 Å². The first kappa shape index (κ1) is 73.8. The van der Waals surface area contributed by atoms with Crippen molar-refractivity contribution in [3.05, 3.63) is 243 Å². The average Bonchev–Trinajstić information content (AvgIpc) is 1.77. The Hall–Kier alpha value is -11.9. The van der Waals surface area contributed by atoms with Crippen LogP contribution in [0.2, 0.25) is 0 Å². The smallest absolute Gasteiger partial charge is 0.269 e. The first-order chi connectivity index (χ1) is 45.4. The molecular weight excluding hydrogens is 1200 g/mol. The van der Waals surface area contributed by atoms with Crippen LogP contribution in [0.25, 0.3) is 26.9 Å². The highest BCUT2D eigenvalue weighted by molar-refractivity contribution is 5.98. The minimum Gasteiger partial charge on any atom is -0.366 e. The summed E-state index contributed by atoms with van der Waals surface area (Å²) in [5.41, 5.74) is 26.7. The number of fused-ring (bicyclic) bond motifs is 2. The maximum Gasteiger partial charge on any atom is 0.269 e. The second-order valence-corrected chi connectivity index (χ2v) is 22.9. The van der Waals surface area contributed by atoms with Gasteiger partial charge >= 0.3 is 0 Å². The summed E-state index contributed by atoms with van der Waals surface area (Å²) < 4.78 is 3.93. The molecule has 488 valence electrons. The summed E-state index contributed by atoms with van der Waals surface area (Å²) in [5.74, 6) is 0.806. The Morgan fingerprint density at radius 1 is 0.453 bits per heavy atom. The molecule has 0 atom stereocenters. The third kappa shape index (κ3) is 24.7. The maximum atomic E-state index is 12.4. The van der Waals surface area contributed by atoms with Crippen LogP contribution in [-0.4, -0.2) is 115 Å². The van der Waals surface area contributed by atoms with E-state index in [9.17, 15) is 24.0 Å². The molecule has 0 aromatic carbocycles. The fraction of sp³-hybridized carbons (Fsp3) is 0.278. The van der Waals surface area contributed by atoms with Gasteiger partial charge in [-0.2, -0.15) is 10.5 Å². The van der Waals surface area contributed by atoms with E-state index in [-0.39, 0.29) is 11.8 Å². The minimum absolute atomic E-state index is 0.116. The standard InChI is InChI=1S/2C15H19N3O.3C7H8N2O.3C7H6N2/c2*1-11-3-7-18(8-4-11)15(19)13-9-12-5-6-17(2)14(12)16-10-13;2*1-5-2-6(7(8)10)4-9-3-5;1-5-2-3-6(7(8)10)9-4-5;2*1-6-2-7(3-8)5-9-4-6;1-6-3-4-7(8-2)9-5-6/h2*5-6,9-11H,3-4,7-8H2,1-2H3;3*2-4H,1H3,(H2,8,10);2*2,4-5H,1H3;3-5H,1H3. The van der Waals surface area contributed by atoms with Gasteiger partial charge in [-0.25, -0.2) is 9.97 Å². The summed E-state index contributed by atoms with van der Waals surface area (Å²) in [6.07, 6.45) is 27.8. The third-order valence-corrected chi connectivity index (χ3v) is 14.6. The highest BCUT2D eigenvalue weighted by atomic mass is 16.2. The highest BCUT2D eigenvalue weighted by Crippen LogP contribution is 2.22. The normalized spacial score (nSPS) is 12.2. The number of rotatable bonds is 5. The second kappa shape index (κ2) is 37.4. The number of piperidine rings is 2. The van der Waals surface area contributed by atoms with Crippen molar-refractivity contribution in [1.82, 2.24) is 58.8 Å². The largest absolute Gasteiger partial charge is 0.366 e. The molecule has 2 saturated heterocycles. The number of pyridine rings is 8. The molecule has 5 amide bonds. The number of nitrogens with zero attached hydrogens (tertiary/aromatic N) is 15. The van der Waals surface area contributed by atoms with Gasteiger partial charge in [0.05, 0.1) is 33.4 Å². The molecule has 0 bridgehead atoms. The molecule has 12 rings (SSSR count). The Labute approximate surface area is 554 Å². The number of hydrogen-bond donors (Lipinski definition) is 3. The zero-order valence-corrected chi connectivity index (χ0v) is 55.3. The molecule has 6 N–H and O–H groups in total. The van der Waals surface area contributed by atoms with E-state index in [2.05, 4.69) is 58.6 Å². The SMILES string of the molecule is CC1CCN(C(=O)c2cnc3c(ccn3C)c2)CC1.CC1CCN(C(=O)c2cnc3c(ccn3C)c2)CC1.Cc1ccc(C(N)=O)nc1.Cc1cncc(C#N)c1.Cc1cncc(C#N)c1.Cc1cncc(C(N)=O)c1.Cc1cncc(C(N)=O)c1.[C-]#[N+]c1ccc(C)cn1. The molecule has 10 aromatic heterocycles. The van der Waals surface area contributed by atoms with Gasteiger partial charge < -0.3 is 41.0 Å². The van der Waals surface area contributed by atoms with Crippen molar-refractivity contribution in [1.29, 1.82) is 10.5 Å². The molecule has 2 fully saturated rings. The number of carbonyl (C=O) groups is 5. The van der Waals surface area contributed by atoms with E-state index in [1.54, 1.807) is 104 Å². The maximum absolute atomic E-state index is 12.4. The van der Waals surface area contributed by atoms with Crippen LogP contribution in [0.4, 0.5) is 5.82 Å². The molecule has 23 heteroatoms. The topological polar surface area (TPSA) is 335 Å². The molecule has 2 aliphatic rings. The van der Waals surface area contributed by atoms with Gasteiger partial charge in [0.1, 0.15) is 35.3 Å². The van der Waals surface area contributed by atoms with Crippen LogP contribution in [0.1, 0.15) is 136 Å². The number of nitrogens with two attached hydrogens (primary N) is 3. The number of primary amides is 3. The summed E-state index contributed by atoms with van der Waals surface area (Å²) in [7, 11) is 3.92. The van der Waals surface area contributed by atoms with E-state index >= 15 is 0 Å². The van der Waals surface area contributed by atoms with Gasteiger partial charge in [-0.15, -0.1) is 4.98 Å². The van der Waals surface area contributed by atoms with Crippen molar-refractivity contribution in [2.24, 2.45) is 43.1 Å². The average molecular weight is 1280 g/mol. The van der Waals surface area contributed by atoms with E-state index in [0.717, 1.165) is 119 Å². The van der Waals surface area contributed by atoms with Gasteiger partial charge in [0, 0.05) is 132 Å². The molecule has 23 nitrogen and oxygen atoms in total. The number of nitriles is 2.